The topological polar surface area (TPSA) is 99.9 Å². The van der Waals surface area contributed by atoms with Crippen LogP contribution in [0, 0.1) is 10.1 Å². The highest BCUT2D eigenvalue weighted by atomic mass is 35.5. The number of nitrogens with zero attached hydrogens (tertiary/aromatic N) is 1. The Balaban J connectivity index is 0.000000487. The van der Waals surface area contributed by atoms with E-state index in [0.717, 1.165) is 0 Å². The Morgan fingerprint density at radius 2 is 1.85 bits per heavy atom. The molecule has 8 nitrogen and oxygen atoms in total. The van der Waals surface area contributed by atoms with Gasteiger partial charge in [0.15, 0.2) is 0 Å². The van der Waals surface area contributed by atoms with Crippen molar-refractivity contribution in [1.29, 1.82) is 0 Å². The van der Waals surface area contributed by atoms with Gasteiger partial charge in [-0.2, -0.15) is 0 Å². The normalized spacial score (nSPS) is 10.0. The van der Waals surface area contributed by atoms with Gasteiger partial charge in [0.1, 0.15) is 17.2 Å². The van der Waals surface area contributed by atoms with Gasteiger partial charge in [0.05, 0.1) is 9.95 Å². The lowest BCUT2D eigenvalue weighted by Crippen LogP contribution is -2.01. The summed E-state index contributed by atoms with van der Waals surface area (Å²) in [5.41, 5.74) is 0.431. The van der Waals surface area contributed by atoms with Gasteiger partial charge < -0.3 is 19.1 Å². The number of hydrogen-bond acceptors (Lipinski definition) is 7. The molecule has 0 fully saturated rings. The number of ether oxygens (including phenoxy) is 1. The number of nitro groups is 1. The summed E-state index contributed by atoms with van der Waals surface area (Å²) in [6, 6.07) is 11.6. The average Bonchev–Trinajstić information content (AvgIpc) is 2.63. The van der Waals surface area contributed by atoms with Crippen LogP contribution < -0.4 is 10.1 Å². The van der Waals surface area contributed by atoms with Gasteiger partial charge in [0.25, 0.3) is 5.69 Å². The van der Waals surface area contributed by atoms with E-state index in [2.05, 4.69) is 14.4 Å². The number of halogens is 1. The molecule has 2 rings (SSSR count). The van der Waals surface area contributed by atoms with Gasteiger partial charge in [-0.15, -0.1) is 0 Å². The van der Waals surface area contributed by atoms with Gasteiger partial charge in [0, 0.05) is 32.9 Å². The first-order valence-electron chi connectivity index (χ1n) is 7.49. The predicted octanol–water partition coefficient (Wildman–Crippen LogP) is 5.14. The molecule has 26 heavy (non-hydrogen) atoms. The van der Waals surface area contributed by atoms with E-state index in [1.165, 1.54) is 20.3 Å². The molecule has 0 bridgehead atoms. The fourth-order valence-electron chi connectivity index (χ4n) is 1.81. The maximum absolute atomic E-state index is 10.9. The van der Waals surface area contributed by atoms with Crippen molar-refractivity contribution < 1.29 is 23.3 Å². The molecule has 0 heterocycles. The first-order valence-corrected chi connectivity index (χ1v) is 9.09. The number of rotatable bonds is 7. The minimum absolute atomic E-state index is 0.0124. The van der Waals surface area contributed by atoms with Crippen molar-refractivity contribution in [3.63, 3.8) is 0 Å². The van der Waals surface area contributed by atoms with E-state index in [-0.39, 0.29) is 5.69 Å². The molecule has 0 aliphatic rings. The molecular weight excluding hydrogens is 383 g/mol. The Hall–Kier alpha value is -2.12. The molecule has 142 valence electrons. The first kappa shape index (κ1) is 21.9. The molecule has 0 spiro atoms. The van der Waals surface area contributed by atoms with Crippen LogP contribution in [-0.2, 0) is 13.6 Å². The monoisotopic (exact) mass is 402 g/mol. The van der Waals surface area contributed by atoms with Gasteiger partial charge in [0.2, 0.25) is 0 Å². The fraction of sp³-hybridized carbons (Fsp3) is 0.250. The van der Waals surface area contributed by atoms with Crippen LogP contribution in [0.15, 0.2) is 42.5 Å². The lowest BCUT2D eigenvalue weighted by atomic mass is 10.2. The Kier molecular flexibility index (Phi) is 9.69. The molecular formula is C16H20ClN2O6P. The molecule has 1 N–H and O–H groups in total. The van der Waals surface area contributed by atoms with Crippen LogP contribution >= 0.6 is 19.9 Å². The molecule has 0 unspecified atom stereocenters. The van der Waals surface area contributed by atoms with Crippen molar-refractivity contribution >= 4 is 31.2 Å². The smallest absolute Gasteiger partial charge is 0.318 e. The van der Waals surface area contributed by atoms with Gasteiger partial charge in [-0.3, -0.25) is 14.7 Å². The quantitative estimate of drug-likeness (QED) is 0.388. The van der Waals surface area contributed by atoms with E-state index < -0.39 is 13.2 Å². The van der Waals surface area contributed by atoms with Crippen molar-refractivity contribution in [1.82, 2.24) is 0 Å². The molecule has 0 saturated heterocycles. The highest BCUT2D eigenvalue weighted by molar-refractivity contribution is 7.33. The second-order valence-corrected chi connectivity index (χ2v) is 6.38. The largest absolute Gasteiger partial charge is 0.456 e. The van der Waals surface area contributed by atoms with Crippen LogP contribution in [0.3, 0.4) is 0 Å². The second kappa shape index (κ2) is 11.5. The minimum atomic E-state index is -2.12. The summed E-state index contributed by atoms with van der Waals surface area (Å²) in [6.07, 6.45) is 0. The van der Waals surface area contributed by atoms with Crippen molar-refractivity contribution in [2.45, 2.75) is 6.92 Å². The van der Waals surface area contributed by atoms with Gasteiger partial charge >= 0.3 is 8.25 Å². The molecule has 0 aliphatic heterocycles. The van der Waals surface area contributed by atoms with Crippen LogP contribution in [0.2, 0.25) is 5.02 Å². The Bertz CT molecular complexity index is 753. The third kappa shape index (κ3) is 7.01. The highest BCUT2D eigenvalue weighted by Gasteiger charge is 2.14. The van der Waals surface area contributed by atoms with E-state index in [0.29, 0.717) is 28.8 Å². The van der Waals surface area contributed by atoms with E-state index in [1.807, 2.05) is 6.92 Å². The van der Waals surface area contributed by atoms with E-state index >= 15 is 0 Å². The van der Waals surface area contributed by atoms with Gasteiger partial charge in [-0.1, -0.05) is 23.7 Å². The van der Waals surface area contributed by atoms with Crippen LogP contribution in [0.25, 0.3) is 0 Å². The zero-order valence-electron chi connectivity index (χ0n) is 14.5. The highest BCUT2D eigenvalue weighted by Crippen LogP contribution is 2.33. The Morgan fingerprint density at radius 3 is 2.35 bits per heavy atom. The molecule has 2 aromatic carbocycles. The van der Waals surface area contributed by atoms with Gasteiger partial charge in [-0.25, -0.2) is 0 Å². The summed E-state index contributed by atoms with van der Waals surface area (Å²) in [7, 11) is 0.558. The maximum atomic E-state index is 10.9. The molecule has 2 aromatic rings. The number of hydrogen-bond donors (Lipinski definition) is 1. The fourth-order valence-corrected chi connectivity index (χ4v) is 2.15. The molecule has 0 atom stereocenters. The standard InChI is InChI=1S/C14H13ClN2O3.C2H7O3P/c1-2-16-12-9-10(7-8-13(12)17(18)19)20-14-6-4-3-5-11(14)15;1-4-6(3)5-2/h3-9,16H,2H2,1H3;6H,1-2H3. The number of anilines is 1. The van der Waals surface area contributed by atoms with Crippen LogP contribution in [0.5, 0.6) is 11.5 Å². The summed E-state index contributed by atoms with van der Waals surface area (Å²) >= 11 is 6.01. The van der Waals surface area contributed by atoms with E-state index in [1.54, 1.807) is 36.4 Å². The molecule has 10 heteroatoms. The van der Waals surface area contributed by atoms with Crippen molar-refractivity contribution in [2.24, 2.45) is 0 Å². The maximum Gasteiger partial charge on any atom is 0.318 e. The number of benzene rings is 2. The predicted molar refractivity (Wildman–Crippen MR) is 102 cm³/mol. The summed E-state index contributed by atoms with van der Waals surface area (Å²) < 4.78 is 24.0. The third-order valence-corrected chi connectivity index (χ3v) is 3.91. The third-order valence-electron chi connectivity index (χ3n) is 2.93. The summed E-state index contributed by atoms with van der Waals surface area (Å²) in [5, 5.41) is 14.3. The Labute approximate surface area is 157 Å². The number of nitrogens with one attached hydrogen (secondary N) is 1. The zero-order valence-corrected chi connectivity index (χ0v) is 16.3. The minimum Gasteiger partial charge on any atom is -0.456 e. The number of para-hydroxylation sites is 1. The average molecular weight is 403 g/mol. The van der Waals surface area contributed by atoms with Crippen LogP contribution in [0.1, 0.15) is 6.92 Å². The lowest BCUT2D eigenvalue weighted by molar-refractivity contribution is -0.384. The van der Waals surface area contributed by atoms with Crippen LogP contribution in [0.4, 0.5) is 11.4 Å². The van der Waals surface area contributed by atoms with Crippen molar-refractivity contribution in [3.05, 3.63) is 57.6 Å². The summed E-state index contributed by atoms with van der Waals surface area (Å²) in [4.78, 5) is 10.5. The van der Waals surface area contributed by atoms with Crippen molar-refractivity contribution in [2.75, 3.05) is 26.1 Å². The Morgan fingerprint density at radius 1 is 1.19 bits per heavy atom. The van der Waals surface area contributed by atoms with Crippen molar-refractivity contribution in [3.8, 4) is 11.5 Å². The molecule has 0 amide bonds. The van der Waals surface area contributed by atoms with Crippen LogP contribution in [-0.4, -0.2) is 25.7 Å². The lowest BCUT2D eigenvalue weighted by Gasteiger charge is -2.10. The summed E-state index contributed by atoms with van der Waals surface area (Å²) in [6.45, 7) is 2.45. The molecule has 0 saturated carbocycles. The summed E-state index contributed by atoms with van der Waals surface area (Å²) in [5.74, 6) is 0.991. The van der Waals surface area contributed by atoms with Gasteiger partial charge in [-0.05, 0) is 25.1 Å². The SMILES string of the molecule is CCNc1cc(Oc2ccccc2Cl)ccc1[N+](=O)[O-].CO[PH](=O)OC. The molecule has 0 radical (unpaired) electrons. The second-order valence-electron chi connectivity index (χ2n) is 4.66. The van der Waals surface area contributed by atoms with E-state index in [4.69, 9.17) is 16.3 Å². The molecule has 0 aliphatic carbocycles. The number of nitro benzene ring substituents is 1. The molecule has 0 aromatic heterocycles. The zero-order chi connectivity index (χ0) is 19.5. The van der Waals surface area contributed by atoms with E-state index in [9.17, 15) is 14.7 Å². The first-order chi connectivity index (χ1) is 12.4.